The Kier molecular flexibility index (Phi) is 2.63. The molecule has 6 unspecified atom stereocenters. The van der Waals surface area contributed by atoms with Gasteiger partial charge < -0.3 is 0 Å². The summed E-state index contributed by atoms with van der Waals surface area (Å²) in [6, 6.07) is 0. The quantitative estimate of drug-likeness (QED) is 0.285. The van der Waals surface area contributed by atoms with Gasteiger partial charge >= 0.3 is 139 Å². The van der Waals surface area contributed by atoms with Crippen LogP contribution in [0.5, 0.6) is 0 Å². The number of carbonyl (C=O) groups is 4. The standard InChI is InChI=1S/C5H6O6.C4H4O6.2Sb/c1-5(11,4(9)10)2(6)3(7)8;5-1(3(7)8)2(6)4(9)10;;/h2H,1H3,(H,7,8)(H,9,10);1-2H,(H,7,8)(H,9,10);;/q2*-2;2*+3/p-4. The molecule has 0 aliphatic carbocycles. The van der Waals surface area contributed by atoms with Gasteiger partial charge in [0, 0.05) is 0 Å². The fourth-order valence-corrected chi connectivity index (χ4v) is 13.9. The van der Waals surface area contributed by atoms with E-state index in [2.05, 4.69) is 0 Å². The predicted molar refractivity (Wildman–Crippen MR) is 60.0 cm³/mol. The summed E-state index contributed by atoms with van der Waals surface area (Å²) < 4.78 is 41.7. The van der Waals surface area contributed by atoms with E-state index in [-0.39, 0.29) is 0 Å². The number of fused-ring (bicyclic) bond motifs is 6. The fraction of sp³-hybridized carbons (Fsp3) is 0.556. The predicted octanol–water partition coefficient (Wildman–Crippen LogP) is -2.97. The van der Waals surface area contributed by atoms with Crippen LogP contribution >= 0.6 is 0 Å². The Balaban J connectivity index is 1.69. The van der Waals surface area contributed by atoms with Gasteiger partial charge in [-0.15, -0.1) is 0 Å². The first kappa shape index (κ1) is 14.7. The van der Waals surface area contributed by atoms with E-state index in [1.165, 1.54) is 6.92 Å². The molecular weight excluding hydrogens is 544 g/mol. The van der Waals surface area contributed by atoms with Crippen molar-refractivity contribution in [2.75, 3.05) is 0 Å². The monoisotopic (exact) mass is 548 g/mol. The van der Waals surface area contributed by atoms with Crippen LogP contribution in [0.3, 0.4) is 0 Å². The molecule has 5 saturated heterocycles. The minimum absolute atomic E-state index is 0.970. The third kappa shape index (κ3) is 1.71. The van der Waals surface area contributed by atoms with Crippen LogP contribution in [-0.2, 0) is 43.3 Å². The van der Waals surface area contributed by atoms with Gasteiger partial charge in [0.05, 0.1) is 0 Å². The minimum atomic E-state index is -4.96. The van der Waals surface area contributed by atoms with Gasteiger partial charge in [0.1, 0.15) is 0 Å². The zero-order valence-corrected chi connectivity index (χ0v) is 16.1. The first-order valence-electron chi connectivity index (χ1n) is 6.24. The summed E-state index contributed by atoms with van der Waals surface area (Å²) in [6.07, 6.45) is -4.63. The molecular formula is C9H6O12Sb2-2. The first-order valence-corrected chi connectivity index (χ1v) is 14.6. The van der Waals surface area contributed by atoms with E-state index < -0.39 is 88.8 Å². The summed E-state index contributed by atoms with van der Waals surface area (Å²) in [5.74, 6) is -3.90. The molecule has 0 N–H and O–H groups in total. The Morgan fingerprint density at radius 3 is 2.04 bits per heavy atom. The van der Waals surface area contributed by atoms with E-state index in [9.17, 15) is 19.2 Å². The van der Waals surface area contributed by atoms with Crippen molar-refractivity contribution in [1.82, 2.24) is 0 Å². The molecule has 0 saturated carbocycles. The molecule has 126 valence electrons. The van der Waals surface area contributed by atoms with Crippen LogP contribution in [0.2, 0.25) is 0 Å². The van der Waals surface area contributed by atoms with Gasteiger partial charge in [-0.3, -0.25) is 0 Å². The van der Waals surface area contributed by atoms with Crippen molar-refractivity contribution in [3.63, 3.8) is 0 Å². The maximum absolute atomic E-state index is 12.2. The Hall–Kier alpha value is -0.644. The molecule has 5 aliphatic heterocycles. The summed E-state index contributed by atoms with van der Waals surface area (Å²) in [4.78, 5) is 48.3. The third-order valence-corrected chi connectivity index (χ3v) is 14.1. The first-order chi connectivity index (χ1) is 10.8. The Bertz CT molecular complexity index is 709. The topological polar surface area (TPSA) is 142 Å². The van der Waals surface area contributed by atoms with Crippen molar-refractivity contribution in [3.05, 3.63) is 0 Å². The summed E-state index contributed by atoms with van der Waals surface area (Å²) in [5.41, 5.74) is -1.94. The zero-order valence-electron chi connectivity index (χ0n) is 11.0. The Morgan fingerprint density at radius 1 is 0.783 bits per heavy atom. The van der Waals surface area contributed by atoms with Gasteiger partial charge in [-0.05, 0) is 0 Å². The average Bonchev–Trinajstić information content (AvgIpc) is 3.09. The second kappa shape index (κ2) is 4.12. The molecule has 0 amide bonds. The SMILES string of the molecule is CC12[O][Sb-]3([O]C(=O)C([O]3)C3[O][Sb-]4([O]C3=O)[O]C(=O)C1[O]4)[O]C2=O. The van der Waals surface area contributed by atoms with Crippen molar-refractivity contribution in [1.29, 1.82) is 0 Å². The summed E-state index contributed by atoms with van der Waals surface area (Å²) >= 11 is -9.89. The molecule has 0 aromatic rings. The van der Waals surface area contributed by atoms with Crippen molar-refractivity contribution < 1.29 is 43.3 Å². The molecule has 6 bridgehead atoms. The molecule has 23 heavy (non-hydrogen) atoms. The van der Waals surface area contributed by atoms with Gasteiger partial charge in [0.25, 0.3) is 0 Å². The van der Waals surface area contributed by atoms with E-state index in [0.29, 0.717) is 0 Å². The molecule has 0 aromatic carbocycles. The summed E-state index contributed by atoms with van der Waals surface area (Å²) in [7, 11) is 0. The van der Waals surface area contributed by atoms with Crippen molar-refractivity contribution in [3.8, 4) is 0 Å². The number of hydrogen-bond donors (Lipinski definition) is 0. The van der Waals surface area contributed by atoms with Gasteiger partial charge in [0.2, 0.25) is 0 Å². The van der Waals surface area contributed by atoms with Gasteiger partial charge in [-0.25, -0.2) is 0 Å². The molecule has 5 fully saturated rings. The maximum atomic E-state index is 12.2. The van der Waals surface area contributed by atoms with Gasteiger partial charge in [-0.2, -0.15) is 0 Å². The molecule has 5 aliphatic rings. The van der Waals surface area contributed by atoms with Crippen LogP contribution in [0.25, 0.3) is 0 Å². The molecule has 0 radical (unpaired) electrons. The molecule has 2 spiro atoms. The van der Waals surface area contributed by atoms with Crippen LogP contribution in [0.4, 0.5) is 0 Å². The third-order valence-electron chi connectivity index (χ3n) is 3.68. The van der Waals surface area contributed by atoms with Crippen LogP contribution in [0.1, 0.15) is 6.92 Å². The summed E-state index contributed by atoms with van der Waals surface area (Å²) in [6.45, 7) is 1.22. The van der Waals surface area contributed by atoms with Crippen LogP contribution < -0.4 is 0 Å². The normalized spacial score (nSPS) is 58.4. The van der Waals surface area contributed by atoms with Gasteiger partial charge in [0.15, 0.2) is 0 Å². The number of carbonyl (C=O) groups excluding carboxylic acids is 4. The molecule has 6 atom stereocenters. The molecule has 0 aromatic heterocycles. The second-order valence-electron chi connectivity index (χ2n) is 5.24. The molecule has 5 heterocycles. The Labute approximate surface area is 138 Å². The van der Waals surface area contributed by atoms with Crippen LogP contribution in [0, 0.1) is 0 Å². The van der Waals surface area contributed by atoms with E-state index in [4.69, 9.17) is 24.1 Å². The van der Waals surface area contributed by atoms with Crippen LogP contribution in [-0.4, -0.2) is 88.8 Å². The van der Waals surface area contributed by atoms with E-state index in [1.807, 2.05) is 0 Å². The second-order valence-corrected chi connectivity index (χ2v) is 14.8. The van der Waals surface area contributed by atoms with Crippen molar-refractivity contribution in [2.45, 2.75) is 30.8 Å². The van der Waals surface area contributed by atoms with Crippen molar-refractivity contribution in [2.24, 2.45) is 0 Å². The number of rotatable bonds is 0. The fourth-order valence-electron chi connectivity index (χ4n) is 2.57. The van der Waals surface area contributed by atoms with E-state index in [1.54, 1.807) is 0 Å². The number of hydrogen-bond acceptors (Lipinski definition) is 12. The zero-order chi connectivity index (χ0) is 16.2. The molecule has 12 nitrogen and oxygen atoms in total. The van der Waals surface area contributed by atoms with Crippen LogP contribution in [0.15, 0.2) is 0 Å². The molecule has 14 heteroatoms. The van der Waals surface area contributed by atoms with Gasteiger partial charge in [-0.1, -0.05) is 0 Å². The van der Waals surface area contributed by atoms with Crippen molar-refractivity contribution >= 4 is 64.8 Å². The van der Waals surface area contributed by atoms with E-state index >= 15 is 0 Å². The summed E-state index contributed by atoms with van der Waals surface area (Å²) in [5, 5.41) is 0. The Morgan fingerprint density at radius 2 is 1.35 bits per heavy atom. The van der Waals surface area contributed by atoms with E-state index in [0.717, 1.165) is 0 Å². The molecule has 5 rings (SSSR count). The average molecular weight is 550 g/mol.